The third kappa shape index (κ3) is 4.28. The van der Waals surface area contributed by atoms with Crippen molar-refractivity contribution in [1.82, 2.24) is 15.5 Å². The van der Waals surface area contributed by atoms with Crippen LogP contribution in [0.4, 0.5) is 0 Å². The van der Waals surface area contributed by atoms with Gasteiger partial charge in [-0.3, -0.25) is 9.89 Å². The van der Waals surface area contributed by atoms with Crippen LogP contribution in [0.2, 0.25) is 0 Å². The smallest absolute Gasteiger partial charge is 0.255 e. The second kappa shape index (κ2) is 8.40. The van der Waals surface area contributed by atoms with Crippen LogP contribution in [0, 0.1) is 6.92 Å². The molecule has 2 N–H and O–H groups in total. The number of nitrogens with zero attached hydrogens (tertiary/aromatic N) is 1. The average molecular weight is 365 g/mol. The highest BCUT2D eigenvalue weighted by Gasteiger charge is 2.15. The van der Waals surface area contributed by atoms with E-state index in [9.17, 15) is 4.79 Å². The van der Waals surface area contributed by atoms with Crippen LogP contribution in [0.3, 0.4) is 0 Å². The molecule has 1 heterocycles. The molecule has 2 aromatic carbocycles. The molecule has 27 heavy (non-hydrogen) atoms. The molecule has 0 unspecified atom stereocenters. The molecule has 0 spiro atoms. The number of benzene rings is 2. The highest BCUT2D eigenvalue weighted by Crippen LogP contribution is 2.27. The summed E-state index contributed by atoms with van der Waals surface area (Å²) in [5, 5.41) is 9.92. The maximum absolute atomic E-state index is 12.6. The number of aryl methyl sites for hydroxylation is 1. The van der Waals surface area contributed by atoms with Crippen LogP contribution in [-0.2, 0) is 6.42 Å². The number of ether oxygens (including phenoxy) is 2. The first-order valence-corrected chi connectivity index (χ1v) is 8.72. The molecular weight excluding hydrogens is 342 g/mol. The molecule has 0 atom stereocenters. The summed E-state index contributed by atoms with van der Waals surface area (Å²) in [6.07, 6.45) is 2.24. The maximum atomic E-state index is 12.6. The SMILES string of the molecule is COc1ccc(CCNC(=O)c2cn[nH]c2-c2cccc(C)c2)cc1OC. The van der Waals surface area contributed by atoms with Gasteiger partial charge in [-0.15, -0.1) is 0 Å². The number of aromatic nitrogens is 2. The Kier molecular flexibility index (Phi) is 5.76. The molecule has 6 heteroatoms. The first kappa shape index (κ1) is 18.5. The minimum Gasteiger partial charge on any atom is -0.493 e. The number of nitrogens with one attached hydrogen (secondary N) is 2. The molecule has 3 aromatic rings. The summed E-state index contributed by atoms with van der Waals surface area (Å²) in [6.45, 7) is 2.52. The predicted octanol–water partition coefficient (Wildman–Crippen LogP) is 3.37. The molecule has 0 aliphatic rings. The fourth-order valence-electron chi connectivity index (χ4n) is 2.93. The monoisotopic (exact) mass is 365 g/mol. The number of H-pyrrole nitrogens is 1. The van der Waals surface area contributed by atoms with E-state index in [0.717, 1.165) is 22.4 Å². The standard InChI is InChI=1S/C21H23N3O3/c1-14-5-4-6-16(11-14)20-17(13-23-24-20)21(25)22-10-9-15-7-8-18(26-2)19(12-15)27-3/h4-8,11-13H,9-10H2,1-3H3,(H,22,25)(H,23,24). The number of hydrogen-bond donors (Lipinski definition) is 2. The zero-order valence-corrected chi connectivity index (χ0v) is 15.7. The molecule has 0 bridgehead atoms. The number of carbonyl (C=O) groups is 1. The highest BCUT2D eigenvalue weighted by atomic mass is 16.5. The topological polar surface area (TPSA) is 76.2 Å². The van der Waals surface area contributed by atoms with Gasteiger partial charge in [-0.25, -0.2) is 0 Å². The summed E-state index contributed by atoms with van der Waals surface area (Å²) in [5.74, 6) is 1.21. The molecule has 6 nitrogen and oxygen atoms in total. The van der Waals surface area contributed by atoms with Crippen molar-refractivity contribution in [3.63, 3.8) is 0 Å². The molecule has 140 valence electrons. The zero-order valence-electron chi connectivity index (χ0n) is 15.7. The molecular formula is C21H23N3O3. The van der Waals surface area contributed by atoms with Crippen molar-refractivity contribution in [1.29, 1.82) is 0 Å². The van der Waals surface area contributed by atoms with Gasteiger partial charge in [-0.05, 0) is 37.1 Å². The Labute approximate surface area is 158 Å². The lowest BCUT2D eigenvalue weighted by atomic mass is 10.1. The number of methoxy groups -OCH3 is 2. The van der Waals surface area contributed by atoms with Crippen molar-refractivity contribution in [2.24, 2.45) is 0 Å². The summed E-state index contributed by atoms with van der Waals surface area (Å²) in [4.78, 5) is 12.6. The lowest BCUT2D eigenvalue weighted by molar-refractivity contribution is 0.0955. The van der Waals surface area contributed by atoms with Gasteiger partial charge in [-0.1, -0.05) is 29.8 Å². The van der Waals surface area contributed by atoms with Crippen molar-refractivity contribution in [3.05, 3.63) is 65.4 Å². The summed E-state index contributed by atoms with van der Waals surface area (Å²) >= 11 is 0. The molecule has 0 saturated carbocycles. The van der Waals surface area contributed by atoms with E-state index < -0.39 is 0 Å². The predicted molar refractivity (Wildman–Crippen MR) is 104 cm³/mol. The minimum atomic E-state index is -0.152. The van der Waals surface area contributed by atoms with Crippen LogP contribution in [-0.4, -0.2) is 36.9 Å². The maximum Gasteiger partial charge on any atom is 0.255 e. The van der Waals surface area contributed by atoms with Crippen molar-refractivity contribution < 1.29 is 14.3 Å². The Balaban J connectivity index is 1.65. The summed E-state index contributed by atoms with van der Waals surface area (Å²) < 4.78 is 10.6. The third-order valence-electron chi connectivity index (χ3n) is 4.34. The molecule has 0 saturated heterocycles. The van der Waals surface area contributed by atoms with E-state index in [1.807, 2.05) is 49.4 Å². The normalized spacial score (nSPS) is 10.5. The van der Waals surface area contributed by atoms with Gasteiger partial charge in [0.15, 0.2) is 11.5 Å². The molecule has 1 aromatic heterocycles. The Morgan fingerprint density at radius 3 is 2.67 bits per heavy atom. The molecule has 1 amide bonds. The Hall–Kier alpha value is -3.28. The zero-order chi connectivity index (χ0) is 19.2. The fourth-order valence-corrected chi connectivity index (χ4v) is 2.93. The lowest BCUT2D eigenvalue weighted by Crippen LogP contribution is -2.25. The second-order valence-electron chi connectivity index (χ2n) is 6.22. The number of aromatic amines is 1. The Bertz CT molecular complexity index is 934. The van der Waals surface area contributed by atoms with E-state index >= 15 is 0 Å². The van der Waals surface area contributed by atoms with Gasteiger partial charge < -0.3 is 14.8 Å². The van der Waals surface area contributed by atoms with Gasteiger partial charge >= 0.3 is 0 Å². The Morgan fingerprint density at radius 2 is 1.93 bits per heavy atom. The molecule has 0 fully saturated rings. The van der Waals surface area contributed by atoms with Gasteiger partial charge in [0.25, 0.3) is 5.91 Å². The third-order valence-corrected chi connectivity index (χ3v) is 4.34. The molecule has 0 aliphatic carbocycles. The molecule has 3 rings (SSSR count). The first-order chi connectivity index (χ1) is 13.1. The van der Waals surface area contributed by atoms with E-state index in [-0.39, 0.29) is 5.91 Å². The fraction of sp³-hybridized carbons (Fsp3) is 0.238. The van der Waals surface area contributed by atoms with Crippen molar-refractivity contribution in [2.75, 3.05) is 20.8 Å². The van der Waals surface area contributed by atoms with E-state index in [4.69, 9.17) is 9.47 Å². The molecule has 0 radical (unpaired) electrons. The van der Waals surface area contributed by atoms with Crippen LogP contribution >= 0.6 is 0 Å². The van der Waals surface area contributed by atoms with Crippen molar-refractivity contribution in [2.45, 2.75) is 13.3 Å². The summed E-state index contributed by atoms with van der Waals surface area (Å²) in [5.41, 5.74) is 4.38. The Morgan fingerprint density at radius 1 is 1.11 bits per heavy atom. The van der Waals surface area contributed by atoms with Crippen LogP contribution in [0.5, 0.6) is 11.5 Å². The number of hydrogen-bond acceptors (Lipinski definition) is 4. The van der Waals surface area contributed by atoms with Gasteiger partial charge in [0, 0.05) is 12.1 Å². The number of carbonyl (C=O) groups excluding carboxylic acids is 1. The van der Waals surface area contributed by atoms with Gasteiger partial charge in [0.1, 0.15) is 0 Å². The van der Waals surface area contributed by atoms with E-state index in [0.29, 0.717) is 30.0 Å². The van der Waals surface area contributed by atoms with Crippen LogP contribution < -0.4 is 14.8 Å². The largest absolute Gasteiger partial charge is 0.493 e. The van der Waals surface area contributed by atoms with Crippen LogP contribution in [0.15, 0.2) is 48.7 Å². The summed E-state index contributed by atoms with van der Waals surface area (Å²) in [6, 6.07) is 13.7. The van der Waals surface area contributed by atoms with E-state index in [1.165, 1.54) is 0 Å². The van der Waals surface area contributed by atoms with Gasteiger partial charge in [0.2, 0.25) is 0 Å². The van der Waals surface area contributed by atoms with Gasteiger partial charge in [-0.2, -0.15) is 5.10 Å². The lowest BCUT2D eigenvalue weighted by Gasteiger charge is -2.10. The molecule has 0 aliphatic heterocycles. The van der Waals surface area contributed by atoms with Crippen molar-refractivity contribution in [3.8, 4) is 22.8 Å². The quantitative estimate of drug-likeness (QED) is 0.673. The number of rotatable bonds is 7. The first-order valence-electron chi connectivity index (χ1n) is 8.72. The highest BCUT2D eigenvalue weighted by molar-refractivity contribution is 5.99. The van der Waals surface area contributed by atoms with Gasteiger partial charge in [0.05, 0.1) is 31.7 Å². The average Bonchev–Trinajstić information content (AvgIpc) is 3.17. The number of amides is 1. The van der Waals surface area contributed by atoms with E-state index in [2.05, 4.69) is 15.5 Å². The van der Waals surface area contributed by atoms with Crippen LogP contribution in [0.1, 0.15) is 21.5 Å². The second-order valence-corrected chi connectivity index (χ2v) is 6.22. The minimum absolute atomic E-state index is 0.152. The van der Waals surface area contributed by atoms with Crippen LogP contribution in [0.25, 0.3) is 11.3 Å². The van der Waals surface area contributed by atoms with Crippen molar-refractivity contribution >= 4 is 5.91 Å². The van der Waals surface area contributed by atoms with E-state index in [1.54, 1.807) is 20.4 Å². The summed E-state index contributed by atoms with van der Waals surface area (Å²) in [7, 11) is 3.21.